The molecule has 1 aliphatic carbocycles. The molecule has 1 fully saturated rings. The first-order valence-electron chi connectivity index (χ1n) is 6.80. The van der Waals surface area contributed by atoms with Gasteiger partial charge in [-0.25, -0.2) is 0 Å². The average Bonchev–Trinajstić information content (AvgIpc) is 2.40. The largest absolute Gasteiger partial charge is 0.370 e. The highest BCUT2D eigenvalue weighted by Gasteiger charge is 2.19. The van der Waals surface area contributed by atoms with Crippen molar-refractivity contribution in [1.82, 2.24) is 0 Å². The van der Waals surface area contributed by atoms with Gasteiger partial charge in [0.2, 0.25) is 0 Å². The fourth-order valence-electron chi connectivity index (χ4n) is 2.57. The molecule has 94 valence electrons. The normalized spacial score (nSPS) is 19.1. The number of hydrogen-bond acceptors (Lipinski definition) is 2. The Morgan fingerprint density at radius 1 is 1.12 bits per heavy atom. The molecule has 1 aliphatic rings. The standard InChI is InChI=1S/C15H23NO/c16-12-11-15(13-7-3-1-4-8-13)17-14-9-5-2-6-10-14/h1,3-4,7-8,14-15H,2,5-6,9-12,16H2. The highest BCUT2D eigenvalue weighted by atomic mass is 16.5. The molecule has 0 spiro atoms. The van der Waals surface area contributed by atoms with Crippen LogP contribution in [-0.2, 0) is 4.74 Å². The number of rotatable bonds is 5. The molecule has 0 aliphatic heterocycles. The fourth-order valence-corrected chi connectivity index (χ4v) is 2.57. The molecule has 0 radical (unpaired) electrons. The molecule has 0 bridgehead atoms. The van der Waals surface area contributed by atoms with E-state index in [1.54, 1.807) is 0 Å². The van der Waals surface area contributed by atoms with Gasteiger partial charge in [-0.2, -0.15) is 0 Å². The minimum atomic E-state index is 0.185. The second-order valence-corrected chi connectivity index (χ2v) is 4.87. The lowest BCUT2D eigenvalue weighted by atomic mass is 9.97. The monoisotopic (exact) mass is 233 g/mol. The van der Waals surface area contributed by atoms with E-state index in [-0.39, 0.29) is 6.10 Å². The summed E-state index contributed by atoms with van der Waals surface area (Å²) in [6.45, 7) is 0.687. The van der Waals surface area contributed by atoms with Crippen molar-refractivity contribution < 1.29 is 4.74 Å². The molecule has 0 heterocycles. The lowest BCUT2D eigenvalue weighted by Gasteiger charge is -2.27. The predicted octanol–water partition coefficient (Wildman–Crippen LogP) is 3.43. The number of benzene rings is 1. The summed E-state index contributed by atoms with van der Waals surface area (Å²) in [5.41, 5.74) is 6.96. The third-order valence-corrected chi connectivity index (χ3v) is 3.51. The van der Waals surface area contributed by atoms with Gasteiger partial charge in [0, 0.05) is 0 Å². The maximum Gasteiger partial charge on any atom is 0.0840 e. The molecule has 17 heavy (non-hydrogen) atoms. The number of ether oxygens (including phenoxy) is 1. The van der Waals surface area contributed by atoms with Crippen LogP contribution in [-0.4, -0.2) is 12.6 Å². The summed E-state index contributed by atoms with van der Waals surface area (Å²) in [6.07, 6.45) is 7.98. The third kappa shape index (κ3) is 3.83. The zero-order chi connectivity index (χ0) is 11.9. The highest BCUT2D eigenvalue weighted by molar-refractivity contribution is 5.17. The van der Waals surface area contributed by atoms with E-state index in [4.69, 9.17) is 10.5 Å². The van der Waals surface area contributed by atoms with Crippen molar-refractivity contribution in [3.05, 3.63) is 35.9 Å². The Bertz CT molecular complexity index is 306. The third-order valence-electron chi connectivity index (χ3n) is 3.51. The van der Waals surface area contributed by atoms with Gasteiger partial charge < -0.3 is 10.5 Å². The van der Waals surface area contributed by atoms with Gasteiger partial charge >= 0.3 is 0 Å². The van der Waals surface area contributed by atoms with Crippen molar-refractivity contribution in [3.63, 3.8) is 0 Å². The van der Waals surface area contributed by atoms with Crippen LogP contribution in [0.15, 0.2) is 30.3 Å². The summed E-state index contributed by atoms with van der Waals surface area (Å²) in [7, 11) is 0. The second kappa shape index (κ2) is 6.77. The molecular formula is C15H23NO. The van der Waals surface area contributed by atoms with Crippen LogP contribution in [0.3, 0.4) is 0 Å². The molecule has 1 atom stereocenters. The Morgan fingerprint density at radius 3 is 2.47 bits per heavy atom. The Kier molecular flexibility index (Phi) is 5.02. The fraction of sp³-hybridized carbons (Fsp3) is 0.600. The van der Waals surface area contributed by atoms with Gasteiger partial charge in [-0.05, 0) is 31.4 Å². The number of nitrogens with two attached hydrogens (primary N) is 1. The first kappa shape index (κ1) is 12.6. The summed E-state index contributed by atoms with van der Waals surface area (Å²) in [5.74, 6) is 0. The zero-order valence-electron chi connectivity index (χ0n) is 10.5. The molecule has 0 saturated heterocycles. The molecule has 1 aromatic rings. The molecular weight excluding hydrogens is 210 g/mol. The van der Waals surface area contributed by atoms with Crippen molar-refractivity contribution in [2.45, 2.75) is 50.7 Å². The molecule has 2 N–H and O–H groups in total. The molecule has 0 aromatic heterocycles. The molecule has 0 amide bonds. The Hall–Kier alpha value is -0.860. The van der Waals surface area contributed by atoms with Crippen molar-refractivity contribution >= 4 is 0 Å². The van der Waals surface area contributed by atoms with E-state index in [2.05, 4.69) is 24.3 Å². The summed E-state index contributed by atoms with van der Waals surface area (Å²) in [5, 5.41) is 0. The van der Waals surface area contributed by atoms with Crippen molar-refractivity contribution in [1.29, 1.82) is 0 Å². The van der Waals surface area contributed by atoms with Crippen LogP contribution < -0.4 is 5.73 Å². The van der Waals surface area contributed by atoms with Crippen LogP contribution in [0.25, 0.3) is 0 Å². The summed E-state index contributed by atoms with van der Waals surface area (Å²) in [6, 6.07) is 10.5. The van der Waals surface area contributed by atoms with Crippen LogP contribution in [0, 0.1) is 0 Å². The minimum absolute atomic E-state index is 0.185. The van der Waals surface area contributed by atoms with E-state index < -0.39 is 0 Å². The van der Waals surface area contributed by atoms with Gasteiger partial charge in [0.1, 0.15) is 0 Å². The second-order valence-electron chi connectivity index (χ2n) is 4.87. The van der Waals surface area contributed by atoms with E-state index >= 15 is 0 Å². The molecule has 1 unspecified atom stereocenters. The van der Waals surface area contributed by atoms with E-state index in [0.717, 1.165) is 6.42 Å². The first-order chi connectivity index (χ1) is 8.40. The quantitative estimate of drug-likeness (QED) is 0.845. The SMILES string of the molecule is NCCC(OC1CCCCC1)c1ccccc1. The van der Waals surface area contributed by atoms with Crippen molar-refractivity contribution in [3.8, 4) is 0 Å². The number of hydrogen-bond donors (Lipinski definition) is 1. The predicted molar refractivity (Wildman–Crippen MR) is 70.8 cm³/mol. The van der Waals surface area contributed by atoms with Gasteiger partial charge in [-0.15, -0.1) is 0 Å². The first-order valence-corrected chi connectivity index (χ1v) is 6.80. The van der Waals surface area contributed by atoms with Crippen molar-refractivity contribution in [2.75, 3.05) is 6.54 Å². The van der Waals surface area contributed by atoms with Crippen molar-refractivity contribution in [2.24, 2.45) is 5.73 Å². The highest BCUT2D eigenvalue weighted by Crippen LogP contribution is 2.28. The van der Waals surface area contributed by atoms with E-state index in [0.29, 0.717) is 12.6 Å². The van der Waals surface area contributed by atoms with Gasteiger partial charge in [0.15, 0.2) is 0 Å². The Labute approximate surface area is 104 Å². The van der Waals surface area contributed by atoms with E-state index in [1.165, 1.54) is 37.7 Å². The lowest BCUT2D eigenvalue weighted by Crippen LogP contribution is -2.21. The summed E-state index contributed by atoms with van der Waals surface area (Å²) in [4.78, 5) is 0. The Morgan fingerprint density at radius 2 is 1.82 bits per heavy atom. The van der Waals surface area contributed by atoms with Crippen LogP contribution in [0.1, 0.15) is 50.2 Å². The van der Waals surface area contributed by atoms with E-state index in [1.807, 2.05) is 6.07 Å². The minimum Gasteiger partial charge on any atom is -0.370 e. The van der Waals surface area contributed by atoms with Gasteiger partial charge in [0.05, 0.1) is 12.2 Å². The van der Waals surface area contributed by atoms with Gasteiger partial charge in [-0.1, -0.05) is 49.6 Å². The van der Waals surface area contributed by atoms with Crippen LogP contribution in [0.5, 0.6) is 0 Å². The molecule has 2 nitrogen and oxygen atoms in total. The van der Waals surface area contributed by atoms with E-state index in [9.17, 15) is 0 Å². The zero-order valence-corrected chi connectivity index (χ0v) is 10.5. The maximum absolute atomic E-state index is 6.24. The van der Waals surface area contributed by atoms with Gasteiger partial charge in [0.25, 0.3) is 0 Å². The maximum atomic E-state index is 6.24. The average molecular weight is 233 g/mol. The topological polar surface area (TPSA) is 35.2 Å². The summed E-state index contributed by atoms with van der Waals surface area (Å²) < 4.78 is 6.24. The smallest absolute Gasteiger partial charge is 0.0840 e. The summed E-state index contributed by atoms with van der Waals surface area (Å²) >= 11 is 0. The molecule has 1 aromatic carbocycles. The van der Waals surface area contributed by atoms with Crippen LogP contribution in [0.4, 0.5) is 0 Å². The molecule has 2 heteroatoms. The Balaban J connectivity index is 1.96. The van der Waals surface area contributed by atoms with Crippen LogP contribution in [0.2, 0.25) is 0 Å². The van der Waals surface area contributed by atoms with Crippen LogP contribution >= 0.6 is 0 Å². The lowest BCUT2D eigenvalue weighted by molar-refractivity contribution is -0.0340. The van der Waals surface area contributed by atoms with Gasteiger partial charge in [-0.3, -0.25) is 0 Å². The molecule has 1 saturated carbocycles. The molecule has 2 rings (SSSR count).